The number of anilines is 1. The molecule has 1 aromatic rings. The molecule has 0 saturated carbocycles. The Morgan fingerprint density at radius 2 is 1.77 bits per heavy atom. The van der Waals surface area contributed by atoms with Crippen molar-refractivity contribution in [1.29, 1.82) is 0 Å². The third kappa shape index (κ3) is 5.64. The first-order chi connectivity index (χ1) is 10.0. The molecule has 0 aliphatic heterocycles. The molecular weight excluding hydrogens is 321 g/mol. The minimum Gasteiger partial charge on any atom is -0.396 e. The number of alkyl halides is 3. The van der Waals surface area contributed by atoms with Crippen LogP contribution in [0.25, 0.3) is 0 Å². The van der Waals surface area contributed by atoms with Crippen LogP contribution in [-0.4, -0.2) is 33.0 Å². The minimum atomic E-state index is -4.82. The number of rotatable bonds is 5. The lowest BCUT2D eigenvalue weighted by molar-refractivity contribution is -0.0384. The zero-order valence-corrected chi connectivity index (χ0v) is 12.8. The smallest absolute Gasteiger partial charge is 0.396 e. The van der Waals surface area contributed by atoms with Gasteiger partial charge in [-0.05, 0) is 44.5 Å². The maximum Gasteiger partial charge on any atom is 0.475 e. The largest absolute Gasteiger partial charge is 0.475 e. The van der Waals surface area contributed by atoms with E-state index in [1.54, 1.807) is 13.8 Å². The van der Waals surface area contributed by atoms with Gasteiger partial charge in [0.05, 0.1) is 0 Å². The van der Waals surface area contributed by atoms with E-state index in [0.717, 1.165) is 12.1 Å². The summed E-state index contributed by atoms with van der Waals surface area (Å²) < 4.78 is 48.0. The van der Waals surface area contributed by atoms with Crippen molar-refractivity contribution in [3.8, 4) is 0 Å². The molecule has 1 rings (SSSR count). The fourth-order valence-corrected chi connectivity index (χ4v) is 2.26. The number of halogens is 3. The van der Waals surface area contributed by atoms with Crippen molar-refractivity contribution in [1.82, 2.24) is 5.32 Å². The number of carbonyl (C=O) groups excluding carboxylic acids is 1. The summed E-state index contributed by atoms with van der Waals surface area (Å²) in [6, 6.07) is 3.99. The maximum atomic E-state index is 12.3. The van der Waals surface area contributed by atoms with Gasteiger partial charge in [-0.3, -0.25) is 0 Å². The van der Waals surface area contributed by atoms with Crippen LogP contribution < -0.4 is 10.6 Å². The molecule has 1 atom stereocenters. The maximum absolute atomic E-state index is 12.3. The summed E-state index contributed by atoms with van der Waals surface area (Å²) in [5.41, 5.74) is -5.18. The minimum absolute atomic E-state index is 0.0920. The number of hydrogen-bond acceptors (Lipinski definition) is 3. The van der Waals surface area contributed by atoms with E-state index in [0.29, 0.717) is 6.42 Å². The van der Waals surface area contributed by atoms with Crippen LogP contribution in [0.1, 0.15) is 20.3 Å². The molecule has 0 aliphatic carbocycles. The number of aliphatic hydroxyl groups excluding tert-OH is 1. The van der Waals surface area contributed by atoms with E-state index in [1.807, 2.05) is 0 Å². The number of carbonyl (C=O) groups is 1. The van der Waals surface area contributed by atoms with E-state index in [4.69, 9.17) is 5.11 Å². The Morgan fingerprint density at radius 1 is 1.23 bits per heavy atom. The van der Waals surface area contributed by atoms with Gasteiger partial charge in [0.15, 0.2) is 10.8 Å². The van der Waals surface area contributed by atoms with Crippen molar-refractivity contribution in [2.45, 2.75) is 36.2 Å². The molecule has 3 N–H and O–H groups in total. The van der Waals surface area contributed by atoms with Crippen LogP contribution >= 0.6 is 0 Å². The second-order valence-corrected chi connectivity index (χ2v) is 6.65. The van der Waals surface area contributed by atoms with E-state index in [9.17, 15) is 22.2 Å². The van der Waals surface area contributed by atoms with Crippen molar-refractivity contribution in [3.05, 3.63) is 24.3 Å². The summed E-state index contributed by atoms with van der Waals surface area (Å²) >= 11 is 0. The van der Waals surface area contributed by atoms with Crippen LogP contribution in [0.4, 0.5) is 23.7 Å². The Kier molecular flexibility index (Phi) is 5.95. The standard InChI is InChI=1S/C13H17F3N2O3S/c1-12(2,7-8-19)18-11(20)17-9-3-5-10(6-4-9)22(21)13(14,15)16/h3-6,19H,7-8H2,1-2H3,(H2,17,18,20). The second-order valence-electron chi connectivity index (χ2n) is 5.18. The van der Waals surface area contributed by atoms with E-state index in [1.165, 1.54) is 12.1 Å². The quantitative estimate of drug-likeness (QED) is 0.772. The third-order valence-electron chi connectivity index (χ3n) is 2.73. The fourth-order valence-electron chi connectivity index (χ4n) is 1.61. The van der Waals surface area contributed by atoms with Crippen LogP contribution in [0.5, 0.6) is 0 Å². The molecule has 0 heterocycles. The predicted molar refractivity (Wildman–Crippen MR) is 76.8 cm³/mol. The molecular formula is C13H17F3N2O3S. The van der Waals surface area contributed by atoms with E-state index < -0.39 is 27.9 Å². The lowest BCUT2D eigenvalue weighted by Gasteiger charge is -2.25. The van der Waals surface area contributed by atoms with Crippen LogP contribution in [-0.2, 0) is 10.8 Å². The molecule has 0 aliphatic rings. The summed E-state index contributed by atoms with van der Waals surface area (Å²) in [5.74, 6) is 0. The van der Waals surface area contributed by atoms with Gasteiger partial charge in [-0.1, -0.05) is 0 Å². The molecule has 0 radical (unpaired) electrons. The summed E-state index contributed by atoms with van der Waals surface area (Å²) in [7, 11) is -3.10. The number of urea groups is 1. The van der Waals surface area contributed by atoms with Gasteiger partial charge in [0.2, 0.25) is 0 Å². The fraction of sp³-hybridized carbons (Fsp3) is 0.462. The Labute approximate surface area is 128 Å². The summed E-state index contributed by atoms with van der Waals surface area (Å²) in [5, 5.41) is 13.9. The van der Waals surface area contributed by atoms with E-state index in [-0.39, 0.29) is 17.2 Å². The van der Waals surface area contributed by atoms with Crippen LogP contribution in [0.2, 0.25) is 0 Å². The molecule has 0 aromatic heterocycles. The normalized spacial score (nSPS) is 13.5. The highest BCUT2D eigenvalue weighted by Crippen LogP contribution is 2.26. The first-order valence-corrected chi connectivity index (χ1v) is 7.49. The molecule has 1 aromatic carbocycles. The first kappa shape index (κ1) is 18.4. The predicted octanol–water partition coefficient (Wildman–Crippen LogP) is 2.60. The summed E-state index contributed by atoms with van der Waals surface area (Å²) in [4.78, 5) is 11.3. The zero-order valence-electron chi connectivity index (χ0n) is 12.0. The molecule has 1 unspecified atom stereocenters. The van der Waals surface area contributed by atoms with Gasteiger partial charge in [0.25, 0.3) is 0 Å². The first-order valence-electron chi connectivity index (χ1n) is 6.34. The Morgan fingerprint density at radius 3 is 2.23 bits per heavy atom. The van der Waals surface area contributed by atoms with Crippen molar-refractivity contribution < 1.29 is 27.3 Å². The third-order valence-corrected chi connectivity index (χ3v) is 3.85. The zero-order chi connectivity index (χ0) is 17.0. The van der Waals surface area contributed by atoms with E-state index in [2.05, 4.69) is 10.6 Å². The Bertz CT molecular complexity index is 544. The molecule has 22 heavy (non-hydrogen) atoms. The molecule has 124 valence electrons. The van der Waals surface area contributed by atoms with Crippen LogP contribution in [0.3, 0.4) is 0 Å². The highest BCUT2D eigenvalue weighted by atomic mass is 32.2. The number of amides is 2. The lowest BCUT2D eigenvalue weighted by atomic mass is 10.0. The Hall–Kier alpha value is -1.61. The van der Waals surface area contributed by atoms with Crippen molar-refractivity contribution in [2.75, 3.05) is 11.9 Å². The highest BCUT2D eigenvalue weighted by molar-refractivity contribution is 7.86. The average Bonchev–Trinajstić information content (AvgIpc) is 2.36. The van der Waals surface area contributed by atoms with Crippen LogP contribution in [0.15, 0.2) is 29.2 Å². The summed E-state index contributed by atoms with van der Waals surface area (Å²) in [6.07, 6.45) is 0.351. The molecule has 0 spiro atoms. The van der Waals surface area contributed by atoms with Gasteiger partial charge >= 0.3 is 11.5 Å². The monoisotopic (exact) mass is 338 g/mol. The Balaban J connectivity index is 2.69. The number of aliphatic hydroxyl groups is 1. The highest BCUT2D eigenvalue weighted by Gasteiger charge is 2.37. The topological polar surface area (TPSA) is 78.4 Å². The lowest BCUT2D eigenvalue weighted by Crippen LogP contribution is -2.46. The van der Waals surface area contributed by atoms with Gasteiger partial charge < -0.3 is 15.7 Å². The molecule has 0 saturated heterocycles. The van der Waals surface area contributed by atoms with Crippen molar-refractivity contribution >= 4 is 22.5 Å². The summed E-state index contributed by atoms with van der Waals surface area (Å²) in [6.45, 7) is 3.35. The SMILES string of the molecule is CC(C)(CCO)NC(=O)Nc1ccc(S(=O)C(F)(F)F)cc1. The van der Waals surface area contributed by atoms with Gasteiger partial charge in [-0.2, -0.15) is 13.2 Å². The average molecular weight is 338 g/mol. The molecule has 0 fully saturated rings. The van der Waals surface area contributed by atoms with Gasteiger partial charge in [-0.25, -0.2) is 9.00 Å². The molecule has 5 nitrogen and oxygen atoms in total. The van der Waals surface area contributed by atoms with Crippen molar-refractivity contribution in [2.24, 2.45) is 0 Å². The number of hydrogen-bond donors (Lipinski definition) is 3. The second kappa shape index (κ2) is 7.10. The number of nitrogens with one attached hydrogen (secondary N) is 2. The molecule has 2 amide bonds. The molecule has 9 heteroatoms. The number of benzene rings is 1. The van der Waals surface area contributed by atoms with Crippen molar-refractivity contribution in [3.63, 3.8) is 0 Å². The van der Waals surface area contributed by atoms with Gasteiger partial charge in [-0.15, -0.1) is 0 Å². The van der Waals surface area contributed by atoms with Crippen LogP contribution in [0, 0.1) is 0 Å². The van der Waals surface area contributed by atoms with E-state index >= 15 is 0 Å². The molecule has 0 bridgehead atoms. The van der Waals surface area contributed by atoms with Gasteiger partial charge in [0, 0.05) is 22.7 Å². The van der Waals surface area contributed by atoms with Gasteiger partial charge in [0.1, 0.15) is 0 Å².